The van der Waals surface area contributed by atoms with Crippen LogP contribution in [0.15, 0.2) is 11.1 Å². The highest BCUT2D eigenvalue weighted by molar-refractivity contribution is 7.89. The fourth-order valence-corrected chi connectivity index (χ4v) is 5.83. The molecule has 1 fully saturated rings. The number of rotatable bonds is 6. The summed E-state index contributed by atoms with van der Waals surface area (Å²) in [4.78, 5) is 4.92. The molecule has 0 spiro atoms. The number of aromatic nitrogens is 4. The summed E-state index contributed by atoms with van der Waals surface area (Å²) in [5.41, 5.74) is 2.44. The minimum absolute atomic E-state index is 0.305. The van der Waals surface area contributed by atoms with Gasteiger partial charge in [0.1, 0.15) is 10.7 Å². The maximum atomic E-state index is 13.1. The summed E-state index contributed by atoms with van der Waals surface area (Å²) in [5, 5.41) is 4.27. The van der Waals surface area contributed by atoms with E-state index in [9.17, 15) is 8.42 Å². The van der Waals surface area contributed by atoms with Crippen LogP contribution in [-0.4, -0.2) is 45.1 Å². The molecule has 0 N–H and O–H groups in total. The van der Waals surface area contributed by atoms with Crippen LogP contribution in [0.5, 0.6) is 0 Å². The highest BCUT2D eigenvalue weighted by atomic mass is 32.2. The number of hydrogen-bond acceptors (Lipinski definition) is 4. The quantitative estimate of drug-likeness (QED) is 0.771. The molecule has 3 rings (SSSR count). The van der Waals surface area contributed by atoms with E-state index < -0.39 is 10.0 Å². The topological polar surface area (TPSA) is 73.0 Å². The number of aryl methyl sites for hydroxylation is 3. The van der Waals surface area contributed by atoms with E-state index in [4.69, 9.17) is 0 Å². The molecule has 1 aliphatic rings. The van der Waals surface area contributed by atoms with Crippen LogP contribution in [0.2, 0.25) is 0 Å². The SMILES string of the molecule is CCCn1c(C)cnc1CC1CCN(S(=O)(=O)c2c(C)nn(C)c2C)C1. The Hall–Kier alpha value is -1.67. The molecular formula is C18H29N5O2S. The van der Waals surface area contributed by atoms with Crippen molar-refractivity contribution in [3.63, 3.8) is 0 Å². The van der Waals surface area contributed by atoms with Gasteiger partial charge in [-0.1, -0.05) is 6.92 Å². The minimum Gasteiger partial charge on any atom is -0.332 e. The Morgan fingerprint density at radius 1 is 1.27 bits per heavy atom. The molecule has 26 heavy (non-hydrogen) atoms. The summed E-state index contributed by atoms with van der Waals surface area (Å²) in [6.07, 6.45) is 4.67. The fraction of sp³-hybridized carbons (Fsp3) is 0.667. The van der Waals surface area contributed by atoms with Gasteiger partial charge in [0, 0.05) is 45.0 Å². The summed E-state index contributed by atoms with van der Waals surface area (Å²) < 4.78 is 31.7. The predicted molar refractivity (Wildman–Crippen MR) is 101 cm³/mol. The van der Waals surface area contributed by atoms with Crippen LogP contribution in [0, 0.1) is 26.7 Å². The molecule has 2 aromatic rings. The lowest BCUT2D eigenvalue weighted by Gasteiger charge is -2.17. The van der Waals surface area contributed by atoms with Gasteiger partial charge in [0.05, 0.1) is 11.4 Å². The lowest BCUT2D eigenvalue weighted by molar-refractivity contribution is 0.448. The summed E-state index contributed by atoms with van der Waals surface area (Å²) in [7, 11) is -1.71. The first-order valence-electron chi connectivity index (χ1n) is 9.27. The van der Waals surface area contributed by atoms with E-state index in [1.165, 1.54) is 5.69 Å². The van der Waals surface area contributed by atoms with Gasteiger partial charge < -0.3 is 4.57 Å². The smallest absolute Gasteiger partial charge is 0.246 e. The second-order valence-electron chi connectivity index (χ2n) is 7.31. The van der Waals surface area contributed by atoms with Crippen molar-refractivity contribution in [2.75, 3.05) is 13.1 Å². The standard InChI is InChI=1S/C18H29N5O2S/c1-6-8-23-13(2)11-19-17(23)10-16-7-9-22(12-16)26(24,25)18-14(3)20-21(5)15(18)4/h11,16H,6-10,12H2,1-5H3. The molecule has 0 aromatic carbocycles. The molecule has 3 heterocycles. The fourth-order valence-electron chi connectivity index (χ4n) is 3.90. The summed E-state index contributed by atoms with van der Waals surface area (Å²) >= 11 is 0. The molecule has 0 saturated carbocycles. The Kier molecular flexibility index (Phi) is 5.25. The van der Waals surface area contributed by atoms with Crippen LogP contribution in [0.4, 0.5) is 0 Å². The normalized spacial score (nSPS) is 18.7. The molecule has 1 aliphatic heterocycles. The molecule has 1 unspecified atom stereocenters. The second-order valence-corrected chi connectivity index (χ2v) is 9.19. The first kappa shape index (κ1) is 19.1. The first-order chi connectivity index (χ1) is 12.3. The van der Waals surface area contributed by atoms with E-state index in [0.717, 1.165) is 31.6 Å². The second kappa shape index (κ2) is 7.15. The van der Waals surface area contributed by atoms with Crippen molar-refractivity contribution in [1.82, 2.24) is 23.6 Å². The molecule has 0 aliphatic carbocycles. The molecule has 7 nitrogen and oxygen atoms in total. The molecule has 1 saturated heterocycles. The lowest BCUT2D eigenvalue weighted by atomic mass is 10.0. The van der Waals surface area contributed by atoms with Gasteiger partial charge in [0.15, 0.2) is 0 Å². The Morgan fingerprint density at radius 3 is 2.62 bits per heavy atom. The average Bonchev–Trinajstić information content (AvgIpc) is 3.23. The van der Waals surface area contributed by atoms with E-state index in [-0.39, 0.29) is 0 Å². The maximum Gasteiger partial charge on any atom is 0.246 e. The predicted octanol–water partition coefficient (Wildman–Crippen LogP) is 2.21. The van der Waals surface area contributed by atoms with E-state index in [1.54, 1.807) is 23.0 Å². The molecule has 1 atom stereocenters. The van der Waals surface area contributed by atoms with Crippen molar-refractivity contribution in [1.29, 1.82) is 0 Å². The molecule has 144 valence electrons. The zero-order chi connectivity index (χ0) is 19.1. The molecule has 2 aromatic heterocycles. The molecule has 0 radical (unpaired) electrons. The average molecular weight is 380 g/mol. The maximum absolute atomic E-state index is 13.1. The monoisotopic (exact) mass is 379 g/mol. The minimum atomic E-state index is -3.50. The van der Waals surface area contributed by atoms with Crippen molar-refractivity contribution in [3.05, 3.63) is 29.1 Å². The number of imidazole rings is 1. The Bertz CT molecular complexity index is 897. The van der Waals surface area contributed by atoms with E-state index in [0.29, 0.717) is 35.3 Å². The zero-order valence-corrected chi connectivity index (χ0v) is 17.2. The van der Waals surface area contributed by atoms with Crippen molar-refractivity contribution in [3.8, 4) is 0 Å². The van der Waals surface area contributed by atoms with Gasteiger partial charge in [-0.25, -0.2) is 13.4 Å². The highest BCUT2D eigenvalue weighted by Gasteiger charge is 2.36. The third kappa shape index (κ3) is 3.32. The van der Waals surface area contributed by atoms with Gasteiger partial charge in [0.2, 0.25) is 10.0 Å². The van der Waals surface area contributed by atoms with Gasteiger partial charge in [-0.3, -0.25) is 4.68 Å². The third-order valence-electron chi connectivity index (χ3n) is 5.35. The Balaban J connectivity index is 1.76. The van der Waals surface area contributed by atoms with Gasteiger partial charge in [-0.2, -0.15) is 9.40 Å². The zero-order valence-electron chi connectivity index (χ0n) is 16.4. The van der Waals surface area contributed by atoms with Gasteiger partial charge >= 0.3 is 0 Å². The third-order valence-corrected chi connectivity index (χ3v) is 7.46. The van der Waals surface area contributed by atoms with Crippen molar-refractivity contribution >= 4 is 10.0 Å². The first-order valence-corrected chi connectivity index (χ1v) is 10.7. The van der Waals surface area contributed by atoms with Crippen LogP contribution in [0.1, 0.15) is 42.7 Å². The van der Waals surface area contributed by atoms with E-state index >= 15 is 0 Å². The van der Waals surface area contributed by atoms with Crippen LogP contribution in [-0.2, 0) is 30.0 Å². The summed E-state index contributed by atoms with van der Waals surface area (Å²) in [6.45, 7) is 9.88. The molecule has 8 heteroatoms. The van der Waals surface area contributed by atoms with Crippen LogP contribution < -0.4 is 0 Å². The lowest BCUT2D eigenvalue weighted by Crippen LogP contribution is -2.30. The largest absolute Gasteiger partial charge is 0.332 e. The highest BCUT2D eigenvalue weighted by Crippen LogP contribution is 2.29. The Labute approximate surface area is 156 Å². The molecule has 0 amide bonds. The number of sulfonamides is 1. The number of nitrogens with zero attached hydrogens (tertiary/aromatic N) is 5. The van der Waals surface area contributed by atoms with E-state index in [1.807, 2.05) is 13.1 Å². The molecular weight excluding hydrogens is 350 g/mol. The Morgan fingerprint density at radius 2 is 2.00 bits per heavy atom. The van der Waals surface area contributed by atoms with E-state index in [2.05, 4.69) is 28.5 Å². The summed E-state index contributed by atoms with van der Waals surface area (Å²) in [6, 6.07) is 0. The molecule has 0 bridgehead atoms. The van der Waals surface area contributed by atoms with Crippen LogP contribution >= 0.6 is 0 Å². The van der Waals surface area contributed by atoms with Gasteiger partial charge in [0.25, 0.3) is 0 Å². The van der Waals surface area contributed by atoms with Crippen molar-refractivity contribution < 1.29 is 8.42 Å². The van der Waals surface area contributed by atoms with Crippen molar-refractivity contribution in [2.45, 2.75) is 58.4 Å². The van der Waals surface area contributed by atoms with Crippen LogP contribution in [0.25, 0.3) is 0 Å². The van der Waals surface area contributed by atoms with Gasteiger partial charge in [-0.05, 0) is 39.5 Å². The van der Waals surface area contributed by atoms with Crippen molar-refractivity contribution in [2.24, 2.45) is 13.0 Å². The summed E-state index contributed by atoms with van der Waals surface area (Å²) in [5.74, 6) is 1.38. The van der Waals surface area contributed by atoms with Gasteiger partial charge in [-0.15, -0.1) is 0 Å². The number of hydrogen-bond donors (Lipinski definition) is 0. The van der Waals surface area contributed by atoms with Crippen LogP contribution in [0.3, 0.4) is 0 Å².